The number of aromatic amines is 1. The molecular weight excluding hydrogens is 205 g/mol. The molecular formula is C10H10LiNO4. The van der Waals surface area contributed by atoms with Gasteiger partial charge in [0.25, 0.3) is 5.78 Å². The summed E-state index contributed by atoms with van der Waals surface area (Å²) < 4.78 is 4.44. The van der Waals surface area contributed by atoms with Crippen LogP contribution < -0.4 is 24.0 Å². The predicted octanol–water partition coefficient (Wildman–Crippen LogP) is -3.15. The van der Waals surface area contributed by atoms with E-state index in [0.29, 0.717) is 5.56 Å². The van der Waals surface area contributed by atoms with E-state index >= 15 is 0 Å². The van der Waals surface area contributed by atoms with Crippen LogP contribution >= 0.6 is 0 Å². The Morgan fingerprint density at radius 2 is 2.25 bits per heavy atom. The largest absolute Gasteiger partial charge is 1.00 e. The van der Waals surface area contributed by atoms with Crippen LogP contribution in [0.4, 0.5) is 0 Å². The first kappa shape index (κ1) is 14.6. The van der Waals surface area contributed by atoms with Crippen molar-refractivity contribution < 1.29 is 38.3 Å². The van der Waals surface area contributed by atoms with E-state index in [2.05, 4.69) is 9.72 Å². The number of hydrogen-bond acceptors (Lipinski definition) is 4. The number of nitrogens with one attached hydrogen (secondary N) is 1. The average molecular weight is 215 g/mol. The van der Waals surface area contributed by atoms with Crippen molar-refractivity contribution in [1.82, 2.24) is 4.98 Å². The summed E-state index contributed by atoms with van der Waals surface area (Å²) in [6, 6.07) is 1.51. The molecule has 0 spiro atoms. The van der Waals surface area contributed by atoms with Gasteiger partial charge in [-0.3, -0.25) is 4.79 Å². The molecule has 0 unspecified atom stereocenters. The molecule has 0 bridgehead atoms. The molecule has 0 aromatic carbocycles. The molecule has 1 rings (SSSR count). The van der Waals surface area contributed by atoms with Crippen molar-refractivity contribution >= 4 is 17.5 Å². The SMILES string of the molecule is CCOC(=O)C(=O)C=C([O-])c1cc[nH]c1.[Li+]. The maximum Gasteiger partial charge on any atom is 1.00 e. The number of esters is 1. The molecule has 0 saturated carbocycles. The van der Waals surface area contributed by atoms with E-state index in [0.717, 1.165) is 6.08 Å². The van der Waals surface area contributed by atoms with Gasteiger partial charge in [-0.05, 0) is 24.6 Å². The molecule has 0 fully saturated rings. The number of carbonyl (C=O) groups excluding carboxylic acids is 2. The molecule has 0 aliphatic heterocycles. The summed E-state index contributed by atoms with van der Waals surface area (Å²) in [5.74, 6) is -2.47. The van der Waals surface area contributed by atoms with Gasteiger partial charge in [0.1, 0.15) is 0 Å². The fourth-order valence-electron chi connectivity index (χ4n) is 0.941. The van der Waals surface area contributed by atoms with Crippen molar-refractivity contribution in [3.05, 3.63) is 30.1 Å². The molecule has 1 heterocycles. The molecule has 16 heavy (non-hydrogen) atoms. The van der Waals surface area contributed by atoms with Crippen molar-refractivity contribution in [2.45, 2.75) is 6.92 Å². The van der Waals surface area contributed by atoms with Crippen molar-refractivity contribution in [2.75, 3.05) is 6.61 Å². The Morgan fingerprint density at radius 1 is 1.56 bits per heavy atom. The number of carbonyl (C=O) groups is 2. The molecule has 0 saturated heterocycles. The molecule has 1 N–H and O–H groups in total. The van der Waals surface area contributed by atoms with Crippen molar-refractivity contribution in [3.8, 4) is 0 Å². The monoisotopic (exact) mass is 215 g/mol. The minimum atomic E-state index is -1.01. The van der Waals surface area contributed by atoms with Crippen LogP contribution in [0.15, 0.2) is 24.5 Å². The van der Waals surface area contributed by atoms with E-state index in [1.807, 2.05) is 0 Å². The van der Waals surface area contributed by atoms with Crippen LogP contribution in [0.1, 0.15) is 12.5 Å². The summed E-state index contributed by atoms with van der Waals surface area (Å²) in [6.07, 6.45) is 3.72. The van der Waals surface area contributed by atoms with Gasteiger partial charge in [-0.1, -0.05) is 5.76 Å². The molecule has 6 heteroatoms. The van der Waals surface area contributed by atoms with Gasteiger partial charge in [0, 0.05) is 12.4 Å². The molecule has 0 amide bonds. The standard InChI is InChI=1S/C10H11NO4.Li/c1-2-15-10(14)9(13)5-8(12)7-3-4-11-6-7;/h3-6,11-12H,2H2,1H3;/q;+1/p-1. The van der Waals surface area contributed by atoms with Crippen LogP contribution in [-0.4, -0.2) is 23.3 Å². The van der Waals surface area contributed by atoms with Gasteiger partial charge in [0.15, 0.2) is 0 Å². The van der Waals surface area contributed by atoms with Crippen LogP contribution in [-0.2, 0) is 14.3 Å². The average Bonchev–Trinajstić information content (AvgIpc) is 2.70. The summed E-state index contributed by atoms with van der Waals surface area (Å²) in [6.45, 7) is 1.69. The Morgan fingerprint density at radius 3 is 2.75 bits per heavy atom. The van der Waals surface area contributed by atoms with Gasteiger partial charge in [-0.25, -0.2) is 4.79 Å². The number of ether oxygens (including phenoxy) is 1. The van der Waals surface area contributed by atoms with E-state index in [1.165, 1.54) is 12.3 Å². The van der Waals surface area contributed by atoms with E-state index < -0.39 is 17.5 Å². The summed E-state index contributed by atoms with van der Waals surface area (Å²) >= 11 is 0. The third kappa shape index (κ3) is 3.97. The number of H-pyrrole nitrogens is 1. The number of ketones is 1. The van der Waals surface area contributed by atoms with E-state index in [4.69, 9.17) is 0 Å². The fourth-order valence-corrected chi connectivity index (χ4v) is 0.941. The minimum absolute atomic E-state index is 0. The summed E-state index contributed by atoms with van der Waals surface area (Å²) in [5, 5.41) is 11.3. The number of aromatic nitrogens is 1. The van der Waals surface area contributed by atoms with Crippen LogP contribution in [0.3, 0.4) is 0 Å². The van der Waals surface area contributed by atoms with E-state index in [-0.39, 0.29) is 25.5 Å². The predicted molar refractivity (Wildman–Crippen MR) is 50.4 cm³/mol. The van der Waals surface area contributed by atoms with Crippen LogP contribution in [0.2, 0.25) is 0 Å². The first-order chi connectivity index (χ1) is 7.15. The Labute approximate surface area is 105 Å². The molecule has 0 aliphatic rings. The zero-order chi connectivity index (χ0) is 11.3. The Bertz CT molecular complexity index is 384. The quantitative estimate of drug-likeness (QED) is 0.189. The van der Waals surface area contributed by atoms with E-state index in [9.17, 15) is 14.7 Å². The van der Waals surface area contributed by atoms with Crippen molar-refractivity contribution in [2.24, 2.45) is 0 Å². The van der Waals surface area contributed by atoms with Gasteiger partial charge < -0.3 is 14.8 Å². The van der Waals surface area contributed by atoms with Crippen molar-refractivity contribution in [3.63, 3.8) is 0 Å². The smallest absolute Gasteiger partial charge is 0.872 e. The summed E-state index contributed by atoms with van der Waals surface area (Å²) in [4.78, 5) is 24.6. The maximum absolute atomic E-state index is 11.3. The molecule has 80 valence electrons. The van der Waals surface area contributed by atoms with Gasteiger partial charge in [-0.2, -0.15) is 0 Å². The number of rotatable bonds is 4. The molecule has 1 aromatic rings. The van der Waals surface area contributed by atoms with Crippen molar-refractivity contribution in [1.29, 1.82) is 0 Å². The minimum Gasteiger partial charge on any atom is -0.872 e. The first-order valence-electron chi connectivity index (χ1n) is 4.38. The second-order valence-corrected chi connectivity index (χ2v) is 2.69. The van der Waals surface area contributed by atoms with Gasteiger partial charge in [-0.15, -0.1) is 0 Å². The topological polar surface area (TPSA) is 82.2 Å². The Kier molecular flexibility index (Phi) is 6.31. The summed E-state index contributed by atoms with van der Waals surface area (Å²) in [7, 11) is 0. The normalized spacial score (nSPS) is 10.4. The molecule has 0 atom stereocenters. The second-order valence-electron chi connectivity index (χ2n) is 2.69. The molecule has 0 aliphatic carbocycles. The van der Waals surface area contributed by atoms with Gasteiger partial charge in [0.05, 0.1) is 6.61 Å². The molecule has 0 radical (unpaired) electrons. The Balaban J connectivity index is 0.00000225. The molecule has 5 nitrogen and oxygen atoms in total. The van der Waals surface area contributed by atoms with Crippen LogP contribution in [0.5, 0.6) is 0 Å². The second kappa shape index (κ2) is 6.94. The zero-order valence-electron chi connectivity index (χ0n) is 9.15. The Hall–Kier alpha value is -1.44. The molecule has 1 aromatic heterocycles. The first-order valence-corrected chi connectivity index (χ1v) is 4.38. The fraction of sp³-hybridized carbons (Fsp3) is 0.200. The summed E-state index contributed by atoms with van der Waals surface area (Å²) in [5.41, 5.74) is 0.327. The van der Waals surface area contributed by atoms with Gasteiger partial charge in [0.2, 0.25) is 0 Å². The van der Waals surface area contributed by atoms with Gasteiger partial charge >= 0.3 is 24.8 Å². The third-order valence-electron chi connectivity index (χ3n) is 1.62. The van der Waals surface area contributed by atoms with Crippen LogP contribution in [0.25, 0.3) is 5.76 Å². The number of hydrogen-bond donors (Lipinski definition) is 1. The third-order valence-corrected chi connectivity index (χ3v) is 1.62. The maximum atomic E-state index is 11.3. The van der Waals surface area contributed by atoms with Crippen LogP contribution in [0, 0.1) is 0 Å². The van der Waals surface area contributed by atoms with E-state index in [1.54, 1.807) is 13.1 Å². The zero-order valence-corrected chi connectivity index (χ0v) is 9.15.